The summed E-state index contributed by atoms with van der Waals surface area (Å²) in [4.78, 5) is 0. The zero-order chi connectivity index (χ0) is 9.19. The largest absolute Gasteiger partial charge is 0.301 e. The summed E-state index contributed by atoms with van der Waals surface area (Å²) in [5.74, 6) is 4.82. The predicted octanol–water partition coefficient (Wildman–Crippen LogP) is 1.62. The van der Waals surface area contributed by atoms with Crippen LogP contribution >= 0.6 is 17.1 Å². The minimum Gasteiger partial charge on any atom is -0.301 e. The quantitative estimate of drug-likeness (QED) is 0.491. The molecule has 1 aliphatic rings. The molecule has 0 N–H and O–H groups in total. The second-order valence-corrected chi connectivity index (χ2v) is 8.37. The van der Waals surface area contributed by atoms with Crippen molar-refractivity contribution < 1.29 is 9.05 Å². The van der Waals surface area contributed by atoms with Gasteiger partial charge >= 0.3 is 0 Å². The highest BCUT2D eigenvalue weighted by Gasteiger charge is 2.38. The third-order valence-electron chi connectivity index (χ3n) is 1.31. The maximum Gasteiger partial charge on any atom is 0.249 e. The normalized spacial score (nSPS) is 40.2. The maximum absolute atomic E-state index is 5.34. The Balaban J connectivity index is 2.82. The summed E-state index contributed by atoms with van der Waals surface area (Å²) >= 11 is 6.46. The van der Waals surface area contributed by atoms with Crippen LogP contribution in [0.25, 0.3) is 0 Å². The standard InChI is InChI=1S/C7H7O2PS2/c1-4-6-7(5-2)9-10(11,8-6)12-3/h1-2,6-7H,3H3. The smallest absolute Gasteiger partial charge is 0.249 e. The van der Waals surface area contributed by atoms with Gasteiger partial charge in [-0.2, -0.15) is 0 Å². The first-order chi connectivity index (χ1) is 5.65. The van der Waals surface area contributed by atoms with E-state index >= 15 is 0 Å². The Labute approximate surface area is 81.3 Å². The van der Waals surface area contributed by atoms with E-state index in [1.807, 2.05) is 6.26 Å². The van der Waals surface area contributed by atoms with E-state index in [2.05, 4.69) is 11.8 Å². The topological polar surface area (TPSA) is 18.5 Å². The van der Waals surface area contributed by atoms with E-state index in [-0.39, 0.29) is 0 Å². The fourth-order valence-corrected chi connectivity index (χ4v) is 3.49. The summed E-state index contributed by atoms with van der Waals surface area (Å²) in [5, 5.41) is 0. The van der Waals surface area contributed by atoms with Crippen molar-refractivity contribution in [3.63, 3.8) is 0 Å². The Morgan fingerprint density at radius 1 is 1.33 bits per heavy atom. The molecule has 1 heterocycles. The van der Waals surface area contributed by atoms with Crippen molar-refractivity contribution in [3.05, 3.63) is 0 Å². The predicted molar refractivity (Wildman–Crippen MR) is 55.2 cm³/mol. The fourth-order valence-electron chi connectivity index (χ4n) is 0.735. The van der Waals surface area contributed by atoms with E-state index in [0.717, 1.165) is 0 Å². The molecule has 0 aromatic rings. The first-order valence-corrected chi connectivity index (χ1v) is 7.57. The highest BCUT2D eigenvalue weighted by molar-refractivity contribution is 8.67. The number of rotatable bonds is 1. The van der Waals surface area contributed by atoms with Gasteiger partial charge in [0.15, 0.2) is 12.2 Å². The molecular weight excluding hydrogens is 211 g/mol. The summed E-state index contributed by atoms with van der Waals surface area (Å²) in [7, 11) is 0. The zero-order valence-electron chi connectivity index (χ0n) is 6.39. The Bertz CT molecular complexity index is 276. The van der Waals surface area contributed by atoms with E-state index in [9.17, 15) is 0 Å². The Morgan fingerprint density at radius 3 is 2.00 bits per heavy atom. The van der Waals surface area contributed by atoms with Crippen molar-refractivity contribution in [2.24, 2.45) is 0 Å². The van der Waals surface area contributed by atoms with Crippen LogP contribution in [0.2, 0.25) is 0 Å². The molecule has 0 spiro atoms. The molecule has 0 saturated carbocycles. The van der Waals surface area contributed by atoms with Gasteiger partial charge in [-0.25, -0.2) is 0 Å². The van der Waals surface area contributed by atoms with Crippen molar-refractivity contribution in [2.45, 2.75) is 12.2 Å². The molecule has 5 heteroatoms. The lowest BCUT2D eigenvalue weighted by Gasteiger charge is -2.08. The van der Waals surface area contributed by atoms with Crippen LogP contribution in [0.1, 0.15) is 0 Å². The monoisotopic (exact) mass is 218 g/mol. The lowest BCUT2D eigenvalue weighted by atomic mass is 10.2. The Morgan fingerprint density at radius 2 is 1.75 bits per heavy atom. The molecule has 64 valence electrons. The van der Waals surface area contributed by atoms with E-state index in [1.54, 1.807) is 0 Å². The van der Waals surface area contributed by atoms with Crippen LogP contribution in [0, 0.1) is 24.7 Å². The number of terminal acetylenes is 2. The molecule has 0 aliphatic carbocycles. The number of hydrogen-bond donors (Lipinski definition) is 0. The molecule has 0 amide bonds. The minimum absolute atomic E-state index is 0.478. The average molecular weight is 218 g/mol. The van der Waals surface area contributed by atoms with E-state index in [1.165, 1.54) is 11.4 Å². The van der Waals surface area contributed by atoms with Gasteiger partial charge in [0, 0.05) is 0 Å². The highest BCUT2D eigenvalue weighted by Crippen LogP contribution is 2.65. The summed E-state index contributed by atoms with van der Waals surface area (Å²) in [6.07, 6.45) is 11.2. The van der Waals surface area contributed by atoms with Crippen LogP contribution in [0.4, 0.5) is 0 Å². The summed E-state index contributed by atoms with van der Waals surface area (Å²) in [6.45, 7) is 0. The molecule has 0 radical (unpaired) electrons. The highest BCUT2D eigenvalue weighted by atomic mass is 32.9. The van der Waals surface area contributed by atoms with Crippen LogP contribution in [-0.4, -0.2) is 18.5 Å². The van der Waals surface area contributed by atoms with E-state index in [4.69, 9.17) is 33.7 Å². The van der Waals surface area contributed by atoms with Gasteiger partial charge in [0.25, 0.3) is 0 Å². The van der Waals surface area contributed by atoms with Crippen molar-refractivity contribution in [2.75, 3.05) is 6.26 Å². The van der Waals surface area contributed by atoms with Gasteiger partial charge in [-0.1, -0.05) is 23.2 Å². The molecule has 12 heavy (non-hydrogen) atoms. The van der Waals surface area contributed by atoms with Crippen LogP contribution < -0.4 is 0 Å². The molecule has 1 fully saturated rings. The number of hydrogen-bond acceptors (Lipinski definition) is 4. The molecule has 1 saturated heterocycles. The summed E-state index contributed by atoms with van der Waals surface area (Å²) in [5.41, 5.74) is -2.23. The fraction of sp³-hybridized carbons (Fsp3) is 0.429. The average Bonchev–Trinajstić information content (AvgIpc) is 2.43. The Kier molecular flexibility index (Phi) is 3.23. The van der Waals surface area contributed by atoms with Crippen molar-refractivity contribution >= 4 is 28.9 Å². The van der Waals surface area contributed by atoms with Gasteiger partial charge in [0.1, 0.15) is 0 Å². The molecule has 2 nitrogen and oxygen atoms in total. The minimum atomic E-state index is -2.23. The molecule has 1 rings (SSSR count). The van der Waals surface area contributed by atoms with Crippen LogP contribution in [-0.2, 0) is 20.9 Å². The van der Waals surface area contributed by atoms with Gasteiger partial charge < -0.3 is 9.05 Å². The second kappa shape index (κ2) is 3.83. The SMILES string of the molecule is C#CC1OP(=S)(SC)OC1C#C. The van der Waals surface area contributed by atoms with Gasteiger partial charge in [0.2, 0.25) is 5.69 Å². The van der Waals surface area contributed by atoms with Crippen molar-refractivity contribution in [1.29, 1.82) is 0 Å². The van der Waals surface area contributed by atoms with Gasteiger partial charge in [-0.15, -0.1) is 12.8 Å². The first-order valence-electron chi connectivity index (χ1n) is 3.10. The molecular formula is C7H7O2PS2. The summed E-state index contributed by atoms with van der Waals surface area (Å²) in [6, 6.07) is 0. The zero-order valence-corrected chi connectivity index (χ0v) is 8.92. The molecule has 2 unspecified atom stereocenters. The lowest BCUT2D eigenvalue weighted by Crippen LogP contribution is -2.17. The second-order valence-electron chi connectivity index (χ2n) is 2.02. The molecule has 2 atom stereocenters. The molecule has 0 aromatic carbocycles. The van der Waals surface area contributed by atoms with Crippen LogP contribution in [0.5, 0.6) is 0 Å². The maximum atomic E-state index is 5.34. The van der Waals surface area contributed by atoms with Crippen molar-refractivity contribution in [3.8, 4) is 24.7 Å². The molecule has 0 bridgehead atoms. The van der Waals surface area contributed by atoms with Crippen LogP contribution in [0.3, 0.4) is 0 Å². The third-order valence-corrected chi connectivity index (χ3v) is 6.45. The van der Waals surface area contributed by atoms with E-state index < -0.39 is 17.9 Å². The first kappa shape index (κ1) is 10.1. The summed E-state index contributed by atoms with van der Waals surface area (Å²) < 4.78 is 10.7. The van der Waals surface area contributed by atoms with Gasteiger partial charge in [0.05, 0.1) is 0 Å². The van der Waals surface area contributed by atoms with Gasteiger partial charge in [-0.05, 0) is 18.1 Å². The molecule has 1 aliphatic heterocycles. The van der Waals surface area contributed by atoms with Crippen LogP contribution in [0.15, 0.2) is 0 Å². The Hall–Kier alpha value is 0.0400. The molecule has 0 aromatic heterocycles. The third kappa shape index (κ3) is 1.85. The van der Waals surface area contributed by atoms with Crippen molar-refractivity contribution in [1.82, 2.24) is 0 Å². The van der Waals surface area contributed by atoms with E-state index in [0.29, 0.717) is 0 Å². The lowest BCUT2D eigenvalue weighted by molar-refractivity contribution is 0.251. The van der Waals surface area contributed by atoms with Gasteiger partial charge in [-0.3, -0.25) is 0 Å².